The summed E-state index contributed by atoms with van der Waals surface area (Å²) in [5.74, 6) is 0.0294. The third kappa shape index (κ3) is 4.93. The topological polar surface area (TPSA) is 94.4 Å². The van der Waals surface area contributed by atoms with E-state index in [9.17, 15) is 14.9 Å². The van der Waals surface area contributed by atoms with Crippen molar-refractivity contribution in [2.75, 3.05) is 11.9 Å². The van der Waals surface area contributed by atoms with Gasteiger partial charge in [-0.15, -0.1) is 11.3 Å². The molecule has 7 nitrogen and oxygen atoms in total. The molecule has 0 spiro atoms. The van der Waals surface area contributed by atoms with Gasteiger partial charge in [-0.2, -0.15) is 0 Å². The van der Waals surface area contributed by atoms with Crippen molar-refractivity contribution in [2.45, 2.75) is 13.3 Å². The molecule has 0 bridgehead atoms. The van der Waals surface area contributed by atoms with Gasteiger partial charge in [0.2, 0.25) is 0 Å². The summed E-state index contributed by atoms with van der Waals surface area (Å²) in [4.78, 5) is 27.9. The fraction of sp³-hybridized carbons (Fsp3) is 0.158. The highest BCUT2D eigenvalue weighted by Gasteiger charge is 2.14. The first-order valence-electron chi connectivity index (χ1n) is 8.39. The summed E-state index contributed by atoms with van der Waals surface area (Å²) in [5.41, 5.74) is 1.80. The van der Waals surface area contributed by atoms with Crippen molar-refractivity contribution in [1.82, 2.24) is 4.98 Å². The van der Waals surface area contributed by atoms with E-state index in [-0.39, 0.29) is 18.2 Å². The Morgan fingerprint density at radius 3 is 2.50 bits per heavy atom. The van der Waals surface area contributed by atoms with Crippen LogP contribution in [0.5, 0.6) is 5.75 Å². The molecule has 0 unspecified atom stereocenters. The number of anilines is 1. The Labute approximate surface area is 173 Å². The number of nitrogens with one attached hydrogen (secondary N) is 1. The van der Waals surface area contributed by atoms with Crippen molar-refractivity contribution in [1.29, 1.82) is 0 Å². The number of benzene rings is 2. The first-order chi connectivity index (χ1) is 13.5. The van der Waals surface area contributed by atoms with Crippen LogP contribution in [0.1, 0.15) is 11.8 Å². The summed E-state index contributed by atoms with van der Waals surface area (Å²) in [5, 5.41) is 13.9. The molecule has 1 N–H and O–H groups in total. The Morgan fingerprint density at radius 1 is 1.21 bits per heavy atom. The summed E-state index contributed by atoms with van der Waals surface area (Å²) in [7, 11) is 0. The third-order valence-corrected chi connectivity index (χ3v) is 5.44. The van der Waals surface area contributed by atoms with Crippen molar-refractivity contribution in [3.05, 3.63) is 68.0 Å². The number of hydrogen-bond acceptors (Lipinski definition) is 6. The molecule has 0 saturated heterocycles. The van der Waals surface area contributed by atoms with Crippen LogP contribution in [0.2, 0.25) is 0 Å². The van der Waals surface area contributed by atoms with Crippen LogP contribution in [0.25, 0.3) is 11.3 Å². The van der Waals surface area contributed by atoms with Gasteiger partial charge in [0.25, 0.3) is 11.6 Å². The lowest BCUT2D eigenvalue weighted by molar-refractivity contribution is -0.384. The molecule has 0 fully saturated rings. The molecule has 0 aliphatic carbocycles. The number of amides is 1. The number of ether oxygens (including phenoxy) is 1. The number of nitro benzene ring substituents is 1. The predicted molar refractivity (Wildman–Crippen MR) is 112 cm³/mol. The van der Waals surface area contributed by atoms with Gasteiger partial charge in [-0.3, -0.25) is 20.2 Å². The SMILES string of the molecule is CCc1sc(NC(=O)COc2ccc([N+](=O)[O-])cc2)nc1-c1ccc(Br)cc1. The number of non-ortho nitro benzene ring substituents is 1. The number of rotatable bonds is 7. The summed E-state index contributed by atoms with van der Waals surface area (Å²) in [6.45, 7) is 1.83. The molecule has 144 valence electrons. The average Bonchev–Trinajstić information content (AvgIpc) is 3.10. The fourth-order valence-electron chi connectivity index (χ4n) is 2.45. The number of carbonyl (C=O) groups is 1. The van der Waals surface area contributed by atoms with Gasteiger partial charge in [-0.25, -0.2) is 4.98 Å². The molecule has 3 rings (SSSR count). The van der Waals surface area contributed by atoms with Crippen molar-refractivity contribution in [3.63, 3.8) is 0 Å². The van der Waals surface area contributed by atoms with E-state index in [0.717, 1.165) is 27.0 Å². The van der Waals surface area contributed by atoms with Gasteiger partial charge in [0.05, 0.1) is 10.6 Å². The van der Waals surface area contributed by atoms with Gasteiger partial charge in [0, 0.05) is 27.0 Å². The molecule has 3 aromatic rings. The highest BCUT2D eigenvalue weighted by atomic mass is 79.9. The smallest absolute Gasteiger partial charge is 0.269 e. The lowest BCUT2D eigenvalue weighted by atomic mass is 10.1. The average molecular weight is 462 g/mol. The maximum atomic E-state index is 12.2. The van der Waals surface area contributed by atoms with Crippen molar-refractivity contribution in [2.24, 2.45) is 0 Å². The standard InChI is InChI=1S/C19H16BrN3O4S/c1-2-16-18(12-3-5-13(20)6-4-12)22-19(28-16)21-17(24)11-27-15-9-7-14(8-10-15)23(25)26/h3-10H,2,11H2,1H3,(H,21,22,24). The molecular formula is C19H16BrN3O4S. The fourth-order valence-corrected chi connectivity index (χ4v) is 3.65. The summed E-state index contributed by atoms with van der Waals surface area (Å²) in [6, 6.07) is 13.4. The lowest BCUT2D eigenvalue weighted by Crippen LogP contribution is -2.20. The van der Waals surface area contributed by atoms with Crippen LogP contribution < -0.4 is 10.1 Å². The quantitative estimate of drug-likeness (QED) is 0.391. The molecule has 0 atom stereocenters. The van der Waals surface area contributed by atoms with Crippen LogP contribution in [0, 0.1) is 10.1 Å². The molecule has 1 heterocycles. The highest BCUT2D eigenvalue weighted by Crippen LogP contribution is 2.32. The predicted octanol–water partition coefficient (Wildman–Crippen LogP) is 5.06. The monoisotopic (exact) mass is 461 g/mol. The number of nitrogens with zero attached hydrogens (tertiary/aromatic N) is 2. The summed E-state index contributed by atoms with van der Waals surface area (Å²) in [6.07, 6.45) is 0.804. The lowest BCUT2D eigenvalue weighted by Gasteiger charge is -2.05. The molecule has 9 heteroatoms. The number of nitro groups is 1. The number of carbonyl (C=O) groups excluding carboxylic acids is 1. The van der Waals surface area contributed by atoms with Crippen molar-refractivity contribution < 1.29 is 14.5 Å². The van der Waals surface area contributed by atoms with Crippen LogP contribution >= 0.6 is 27.3 Å². The van der Waals surface area contributed by atoms with E-state index in [0.29, 0.717) is 10.9 Å². The minimum atomic E-state index is -0.493. The van der Waals surface area contributed by atoms with Gasteiger partial charge in [0.15, 0.2) is 11.7 Å². The van der Waals surface area contributed by atoms with E-state index in [1.165, 1.54) is 35.6 Å². The zero-order valence-corrected chi connectivity index (χ0v) is 17.2. The second-order valence-corrected chi connectivity index (χ2v) is 7.74. The van der Waals surface area contributed by atoms with E-state index in [1.807, 2.05) is 31.2 Å². The Balaban J connectivity index is 1.63. The maximum Gasteiger partial charge on any atom is 0.269 e. The van der Waals surface area contributed by atoms with Gasteiger partial charge < -0.3 is 4.74 Å². The zero-order valence-electron chi connectivity index (χ0n) is 14.8. The zero-order chi connectivity index (χ0) is 20.1. The maximum absolute atomic E-state index is 12.2. The first kappa shape index (κ1) is 20.0. The minimum absolute atomic E-state index is 0.0350. The molecule has 28 heavy (non-hydrogen) atoms. The molecule has 1 aromatic heterocycles. The largest absolute Gasteiger partial charge is 0.484 e. The van der Waals surface area contributed by atoms with Gasteiger partial charge >= 0.3 is 0 Å². The first-order valence-corrected chi connectivity index (χ1v) is 10.00. The van der Waals surface area contributed by atoms with E-state index in [1.54, 1.807) is 0 Å². The normalized spacial score (nSPS) is 10.5. The number of aromatic nitrogens is 1. The minimum Gasteiger partial charge on any atom is -0.484 e. The third-order valence-electron chi connectivity index (χ3n) is 3.80. The number of hydrogen-bond donors (Lipinski definition) is 1. The van der Waals surface area contributed by atoms with Crippen molar-refractivity contribution >= 4 is 44.0 Å². The Morgan fingerprint density at radius 2 is 1.89 bits per heavy atom. The number of thiazole rings is 1. The summed E-state index contributed by atoms with van der Waals surface area (Å²) < 4.78 is 6.36. The van der Waals surface area contributed by atoms with E-state index >= 15 is 0 Å². The molecule has 0 aliphatic heterocycles. The van der Waals surface area contributed by atoms with Crippen LogP contribution in [0.3, 0.4) is 0 Å². The van der Waals surface area contributed by atoms with Crippen LogP contribution in [-0.2, 0) is 11.2 Å². The Bertz CT molecular complexity index is 987. The van der Waals surface area contributed by atoms with Crippen LogP contribution in [0.4, 0.5) is 10.8 Å². The second kappa shape index (κ2) is 8.94. The number of aryl methyl sites for hydroxylation is 1. The van der Waals surface area contributed by atoms with E-state index in [4.69, 9.17) is 4.74 Å². The molecule has 0 radical (unpaired) electrons. The van der Waals surface area contributed by atoms with Gasteiger partial charge in [-0.1, -0.05) is 35.0 Å². The van der Waals surface area contributed by atoms with Crippen molar-refractivity contribution in [3.8, 4) is 17.0 Å². The van der Waals surface area contributed by atoms with Gasteiger partial charge in [-0.05, 0) is 30.7 Å². The Hall–Kier alpha value is -2.78. The molecule has 2 aromatic carbocycles. The van der Waals surface area contributed by atoms with E-state index < -0.39 is 4.92 Å². The number of halogens is 1. The molecule has 0 saturated carbocycles. The summed E-state index contributed by atoms with van der Waals surface area (Å²) >= 11 is 4.85. The van der Waals surface area contributed by atoms with E-state index in [2.05, 4.69) is 26.2 Å². The van der Waals surface area contributed by atoms with Gasteiger partial charge in [0.1, 0.15) is 5.75 Å². The molecule has 0 aliphatic rings. The molecule has 1 amide bonds. The molecular weight excluding hydrogens is 446 g/mol. The van der Waals surface area contributed by atoms with Crippen LogP contribution in [-0.4, -0.2) is 22.4 Å². The second-order valence-electron chi connectivity index (χ2n) is 5.74. The highest BCUT2D eigenvalue weighted by molar-refractivity contribution is 9.10. The Kier molecular flexibility index (Phi) is 6.37. The van der Waals surface area contributed by atoms with Crippen LogP contribution in [0.15, 0.2) is 53.0 Å².